The van der Waals surface area contributed by atoms with Gasteiger partial charge in [0.25, 0.3) is 0 Å². The topological polar surface area (TPSA) is 69.9 Å². The summed E-state index contributed by atoms with van der Waals surface area (Å²) in [5, 5.41) is 32.6. The highest BCUT2D eigenvalue weighted by atomic mass is 16.7. The van der Waals surface area contributed by atoms with Gasteiger partial charge in [-0.1, -0.05) is 20.8 Å². The van der Waals surface area contributed by atoms with Crippen molar-refractivity contribution in [2.45, 2.75) is 76.5 Å². The molecule has 0 radical (unpaired) electrons. The van der Waals surface area contributed by atoms with Crippen LogP contribution < -0.4 is 0 Å². The van der Waals surface area contributed by atoms with Gasteiger partial charge in [-0.05, 0) is 32.1 Å². The number of hydrogen-bond acceptors (Lipinski definition) is 4. The Morgan fingerprint density at radius 2 is 1.63 bits per heavy atom. The Morgan fingerprint density at radius 1 is 1.00 bits per heavy atom. The number of rotatable bonds is 1. The van der Waals surface area contributed by atoms with Gasteiger partial charge < -0.3 is 20.1 Å². The van der Waals surface area contributed by atoms with Crippen LogP contribution in [0.2, 0.25) is 0 Å². The molecule has 4 heteroatoms. The largest absolute Gasteiger partial charge is 0.389 e. The molecule has 0 spiro atoms. The molecule has 0 aromatic rings. The highest BCUT2D eigenvalue weighted by molar-refractivity contribution is 5.21. The van der Waals surface area contributed by atoms with E-state index >= 15 is 0 Å². The van der Waals surface area contributed by atoms with E-state index in [4.69, 9.17) is 4.74 Å². The molecule has 3 rings (SSSR count). The monoisotopic (exact) mass is 270 g/mol. The minimum atomic E-state index is -1.19. The third-order valence-electron chi connectivity index (χ3n) is 6.37. The van der Waals surface area contributed by atoms with Gasteiger partial charge in [-0.15, -0.1) is 0 Å². The van der Waals surface area contributed by atoms with Crippen LogP contribution in [0.3, 0.4) is 0 Å². The lowest BCUT2D eigenvalue weighted by Crippen LogP contribution is -2.54. The van der Waals surface area contributed by atoms with Crippen LogP contribution in [0.15, 0.2) is 0 Å². The van der Waals surface area contributed by atoms with E-state index in [1.807, 2.05) is 20.8 Å². The first-order chi connectivity index (χ1) is 8.57. The first-order valence-corrected chi connectivity index (χ1v) is 7.42. The van der Waals surface area contributed by atoms with Crippen LogP contribution in [0, 0.1) is 17.3 Å². The fourth-order valence-electron chi connectivity index (χ4n) is 4.81. The van der Waals surface area contributed by atoms with Crippen LogP contribution in [0.25, 0.3) is 0 Å². The summed E-state index contributed by atoms with van der Waals surface area (Å²) >= 11 is 0. The molecular formula is C15H26O4. The Hall–Kier alpha value is -0.160. The number of ether oxygens (including phenoxy) is 1. The fraction of sp³-hybridized carbons (Fsp3) is 1.00. The van der Waals surface area contributed by atoms with E-state index in [9.17, 15) is 15.3 Å². The Kier molecular flexibility index (Phi) is 2.57. The van der Waals surface area contributed by atoms with Crippen LogP contribution in [0.4, 0.5) is 0 Å². The summed E-state index contributed by atoms with van der Waals surface area (Å²) in [4.78, 5) is 0. The van der Waals surface area contributed by atoms with Crippen molar-refractivity contribution in [3.63, 3.8) is 0 Å². The van der Waals surface area contributed by atoms with E-state index < -0.39 is 28.5 Å². The molecule has 6 unspecified atom stereocenters. The molecule has 2 saturated heterocycles. The lowest BCUT2D eigenvalue weighted by Gasteiger charge is -2.43. The van der Waals surface area contributed by atoms with E-state index in [1.165, 1.54) is 0 Å². The van der Waals surface area contributed by atoms with Crippen molar-refractivity contribution in [2.24, 2.45) is 17.3 Å². The average molecular weight is 270 g/mol. The van der Waals surface area contributed by atoms with Crippen LogP contribution in [0.1, 0.15) is 53.4 Å². The van der Waals surface area contributed by atoms with Crippen LogP contribution in [0.5, 0.6) is 0 Å². The molecule has 3 fully saturated rings. The Balaban J connectivity index is 2.12. The van der Waals surface area contributed by atoms with Crippen molar-refractivity contribution in [3.8, 4) is 0 Å². The van der Waals surface area contributed by atoms with Gasteiger partial charge in [-0.25, -0.2) is 0 Å². The molecule has 2 heterocycles. The van der Waals surface area contributed by atoms with Crippen molar-refractivity contribution < 1.29 is 20.1 Å². The standard InChI is InChI=1S/C15H26O4/c1-9(2)14(17)7-5-12(3)10(14)11-13(4,16)6-8-15(12,18)19-11/h9-11,16-18H,5-8H2,1-4H3. The predicted octanol–water partition coefficient (Wildman–Crippen LogP) is 1.42. The second kappa shape index (κ2) is 3.53. The van der Waals surface area contributed by atoms with Gasteiger partial charge in [-0.3, -0.25) is 0 Å². The zero-order chi connectivity index (χ0) is 14.3. The van der Waals surface area contributed by atoms with Crippen LogP contribution in [-0.2, 0) is 4.74 Å². The number of aliphatic hydroxyl groups is 3. The molecule has 3 N–H and O–H groups in total. The Bertz CT molecular complexity index is 407. The molecule has 4 nitrogen and oxygen atoms in total. The molecular weight excluding hydrogens is 244 g/mol. The van der Waals surface area contributed by atoms with Gasteiger partial charge in [0.1, 0.15) is 0 Å². The summed E-state index contributed by atoms with van der Waals surface area (Å²) in [6.45, 7) is 7.79. The molecule has 2 bridgehead atoms. The number of fused-ring (bicyclic) bond motifs is 5. The van der Waals surface area contributed by atoms with E-state index in [2.05, 4.69) is 0 Å². The van der Waals surface area contributed by atoms with Gasteiger partial charge in [0.05, 0.1) is 17.3 Å². The molecule has 0 aromatic heterocycles. The van der Waals surface area contributed by atoms with Crippen molar-refractivity contribution >= 4 is 0 Å². The van der Waals surface area contributed by atoms with Gasteiger partial charge in [0.2, 0.25) is 0 Å². The first kappa shape index (κ1) is 13.8. The molecule has 6 atom stereocenters. The summed E-state index contributed by atoms with van der Waals surface area (Å²) in [5.41, 5.74) is -2.29. The minimum absolute atomic E-state index is 0.0849. The van der Waals surface area contributed by atoms with E-state index in [0.717, 1.165) is 6.42 Å². The molecule has 0 aromatic carbocycles. The van der Waals surface area contributed by atoms with Gasteiger partial charge >= 0.3 is 0 Å². The highest BCUT2D eigenvalue weighted by Gasteiger charge is 2.75. The molecule has 3 aliphatic rings. The maximum atomic E-state index is 11.1. The van der Waals surface area contributed by atoms with Gasteiger partial charge in [-0.2, -0.15) is 0 Å². The third-order valence-corrected chi connectivity index (χ3v) is 6.37. The Morgan fingerprint density at radius 3 is 2.21 bits per heavy atom. The average Bonchev–Trinajstić information content (AvgIpc) is 2.69. The zero-order valence-electron chi connectivity index (χ0n) is 12.3. The quantitative estimate of drug-likeness (QED) is 0.674. The second-order valence-corrected chi connectivity index (χ2v) is 7.72. The summed E-state index contributed by atoms with van der Waals surface area (Å²) < 4.78 is 5.86. The van der Waals surface area contributed by atoms with Crippen molar-refractivity contribution in [1.29, 1.82) is 0 Å². The molecule has 1 aliphatic carbocycles. The highest BCUT2D eigenvalue weighted by Crippen LogP contribution is 2.68. The second-order valence-electron chi connectivity index (χ2n) is 7.72. The molecule has 0 amide bonds. The summed E-state index contributed by atoms with van der Waals surface area (Å²) in [5.74, 6) is -1.31. The van der Waals surface area contributed by atoms with E-state index in [0.29, 0.717) is 19.3 Å². The smallest absolute Gasteiger partial charge is 0.171 e. The van der Waals surface area contributed by atoms with Crippen molar-refractivity contribution in [3.05, 3.63) is 0 Å². The SMILES string of the molecule is CC(C)C1(O)CCC2(C)C1C1OC2(O)CCC1(C)O. The summed E-state index contributed by atoms with van der Waals surface area (Å²) in [6, 6.07) is 0. The Labute approximate surface area is 114 Å². The third kappa shape index (κ3) is 1.44. The van der Waals surface area contributed by atoms with E-state index in [-0.39, 0.29) is 11.8 Å². The minimum Gasteiger partial charge on any atom is -0.389 e. The van der Waals surface area contributed by atoms with E-state index in [1.54, 1.807) is 6.92 Å². The molecule has 1 saturated carbocycles. The predicted molar refractivity (Wildman–Crippen MR) is 70.3 cm³/mol. The lowest BCUT2D eigenvalue weighted by molar-refractivity contribution is -0.290. The van der Waals surface area contributed by atoms with Crippen LogP contribution in [-0.4, -0.2) is 38.4 Å². The maximum Gasteiger partial charge on any atom is 0.171 e. The molecule has 2 aliphatic heterocycles. The number of hydrogen-bond donors (Lipinski definition) is 3. The fourth-order valence-corrected chi connectivity index (χ4v) is 4.81. The van der Waals surface area contributed by atoms with Crippen LogP contribution >= 0.6 is 0 Å². The molecule has 110 valence electrons. The summed E-state index contributed by atoms with van der Waals surface area (Å²) in [7, 11) is 0. The zero-order valence-corrected chi connectivity index (χ0v) is 12.3. The molecule has 19 heavy (non-hydrogen) atoms. The first-order valence-electron chi connectivity index (χ1n) is 7.42. The van der Waals surface area contributed by atoms with Crippen molar-refractivity contribution in [1.82, 2.24) is 0 Å². The van der Waals surface area contributed by atoms with Gasteiger partial charge in [0.15, 0.2) is 5.79 Å². The lowest BCUT2D eigenvalue weighted by atomic mass is 9.67. The van der Waals surface area contributed by atoms with Crippen molar-refractivity contribution in [2.75, 3.05) is 0 Å². The summed E-state index contributed by atoms with van der Waals surface area (Å²) in [6.07, 6.45) is 1.90. The van der Waals surface area contributed by atoms with Gasteiger partial charge in [0, 0.05) is 17.8 Å². The maximum absolute atomic E-state index is 11.1. The normalized spacial score (nSPS) is 60.6.